The third kappa shape index (κ3) is 11.2. The van der Waals surface area contributed by atoms with Gasteiger partial charge in [0.2, 0.25) is 0 Å². The zero-order chi connectivity index (χ0) is 25.6. The van der Waals surface area contributed by atoms with E-state index in [4.69, 9.17) is 16.3 Å². The van der Waals surface area contributed by atoms with Gasteiger partial charge in [0.15, 0.2) is 9.84 Å². The Balaban J connectivity index is 0.000000441. The van der Waals surface area contributed by atoms with Gasteiger partial charge in [-0.05, 0) is 87.8 Å². The Morgan fingerprint density at radius 1 is 1.03 bits per heavy atom. The summed E-state index contributed by atoms with van der Waals surface area (Å²) < 4.78 is 28.6. The average Bonchev–Trinajstić information content (AvgIpc) is 3.62. The highest BCUT2D eigenvalue weighted by molar-refractivity contribution is 7.90. The molecule has 1 saturated heterocycles. The summed E-state index contributed by atoms with van der Waals surface area (Å²) in [5.74, 6) is 3.43. The molecular formula is C26H42ClN3O3S. The van der Waals surface area contributed by atoms with Crippen molar-refractivity contribution in [3.05, 3.63) is 48.0 Å². The molecule has 192 valence electrons. The SMILES string of the molecule is CC.CC.CN1CCC(C2CC2CCOc2ccc(S(C)(=O)=O)cc2)CC1.Clc1cncnc1. The Morgan fingerprint density at radius 2 is 1.59 bits per heavy atom. The third-order valence-electron chi connectivity index (χ3n) is 5.88. The molecule has 2 atom stereocenters. The predicted molar refractivity (Wildman–Crippen MR) is 141 cm³/mol. The van der Waals surface area contributed by atoms with Crippen LogP contribution in [-0.4, -0.2) is 56.3 Å². The number of aromatic nitrogens is 2. The summed E-state index contributed by atoms with van der Waals surface area (Å²) in [6, 6.07) is 6.72. The van der Waals surface area contributed by atoms with Crippen molar-refractivity contribution in [1.29, 1.82) is 0 Å². The molecule has 1 aliphatic carbocycles. The molecule has 1 aromatic heterocycles. The van der Waals surface area contributed by atoms with Crippen LogP contribution in [0.2, 0.25) is 5.02 Å². The summed E-state index contributed by atoms with van der Waals surface area (Å²) >= 11 is 5.41. The number of hydrogen-bond acceptors (Lipinski definition) is 6. The molecule has 1 aliphatic heterocycles. The second kappa shape index (κ2) is 16.1. The quantitative estimate of drug-likeness (QED) is 0.472. The van der Waals surface area contributed by atoms with Gasteiger partial charge >= 0.3 is 0 Å². The van der Waals surface area contributed by atoms with Gasteiger partial charge in [-0.2, -0.15) is 0 Å². The van der Waals surface area contributed by atoms with E-state index < -0.39 is 9.84 Å². The fraction of sp³-hybridized carbons (Fsp3) is 0.615. The molecule has 34 heavy (non-hydrogen) atoms. The van der Waals surface area contributed by atoms with Gasteiger partial charge in [-0.25, -0.2) is 18.4 Å². The maximum absolute atomic E-state index is 11.4. The fourth-order valence-corrected chi connectivity index (χ4v) is 4.77. The van der Waals surface area contributed by atoms with Gasteiger partial charge in [-0.1, -0.05) is 39.3 Å². The first-order valence-corrected chi connectivity index (χ1v) is 14.6. The van der Waals surface area contributed by atoms with Crippen LogP contribution in [0.15, 0.2) is 47.9 Å². The molecule has 1 saturated carbocycles. The number of rotatable bonds is 6. The minimum absolute atomic E-state index is 0.342. The second-order valence-electron chi connectivity index (χ2n) is 8.24. The van der Waals surface area contributed by atoms with Gasteiger partial charge in [0, 0.05) is 18.6 Å². The lowest BCUT2D eigenvalue weighted by molar-refractivity contribution is 0.196. The molecule has 4 rings (SSSR count). The van der Waals surface area contributed by atoms with E-state index in [2.05, 4.69) is 21.9 Å². The summed E-state index contributed by atoms with van der Waals surface area (Å²) in [6.45, 7) is 11.2. The van der Waals surface area contributed by atoms with Crippen molar-refractivity contribution in [3.8, 4) is 5.75 Å². The number of halogens is 1. The van der Waals surface area contributed by atoms with Crippen LogP contribution in [0, 0.1) is 17.8 Å². The van der Waals surface area contributed by atoms with Crippen molar-refractivity contribution in [1.82, 2.24) is 14.9 Å². The molecule has 2 heterocycles. The standard InChI is InChI=1S/C18H27NO3S.C4H3ClN2.2C2H6/c1-19-10-7-14(8-11-19)18-13-15(18)9-12-22-16-3-5-17(6-4-16)23(2,20)21;5-4-1-6-3-7-2-4;2*1-2/h3-6,14-15,18H,7-13H2,1-2H3;1-3H;2*1-2H3. The van der Waals surface area contributed by atoms with E-state index in [1.54, 1.807) is 24.3 Å². The Kier molecular flexibility index (Phi) is 14.3. The molecule has 0 radical (unpaired) electrons. The number of ether oxygens (including phenoxy) is 1. The molecule has 2 unspecified atom stereocenters. The number of benzene rings is 1. The topological polar surface area (TPSA) is 72.4 Å². The van der Waals surface area contributed by atoms with Crippen molar-refractivity contribution in [2.24, 2.45) is 17.8 Å². The van der Waals surface area contributed by atoms with E-state index in [1.807, 2.05) is 27.7 Å². The van der Waals surface area contributed by atoms with Gasteiger partial charge < -0.3 is 9.64 Å². The zero-order valence-electron chi connectivity index (χ0n) is 21.6. The number of hydrogen-bond donors (Lipinski definition) is 0. The maximum Gasteiger partial charge on any atom is 0.175 e. The highest BCUT2D eigenvalue weighted by Crippen LogP contribution is 2.49. The summed E-state index contributed by atoms with van der Waals surface area (Å²) in [5, 5.41) is 0.572. The molecular weight excluding hydrogens is 470 g/mol. The molecule has 1 aromatic carbocycles. The number of nitrogens with zero attached hydrogens (tertiary/aromatic N) is 3. The largest absolute Gasteiger partial charge is 0.494 e. The highest BCUT2D eigenvalue weighted by atomic mass is 35.5. The van der Waals surface area contributed by atoms with Crippen LogP contribution in [-0.2, 0) is 9.84 Å². The van der Waals surface area contributed by atoms with Crippen molar-refractivity contribution < 1.29 is 13.2 Å². The molecule has 2 fully saturated rings. The summed E-state index contributed by atoms with van der Waals surface area (Å²) in [5.41, 5.74) is 0. The van der Waals surface area contributed by atoms with Gasteiger partial charge in [0.1, 0.15) is 12.1 Å². The average molecular weight is 512 g/mol. The zero-order valence-corrected chi connectivity index (χ0v) is 23.1. The molecule has 6 nitrogen and oxygen atoms in total. The summed E-state index contributed by atoms with van der Waals surface area (Å²) in [7, 11) is -0.914. The third-order valence-corrected chi connectivity index (χ3v) is 7.21. The van der Waals surface area contributed by atoms with E-state index in [9.17, 15) is 8.42 Å². The first kappa shape index (κ1) is 30.3. The van der Waals surface area contributed by atoms with Crippen LogP contribution in [0.4, 0.5) is 0 Å². The van der Waals surface area contributed by atoms with Crippen molar-refractivity contribution in [2.75, 3.05) is 33.0 Å². The normalized spacial score (nSPS) is 19.9. The molecule has 0 N–H and O–H groups in total. The number of piperidine rings is 1. The van der Waals surface area contributed by atoms with Gasteiger partial charge in [-0.3, -0.25) is 0 Å². The Hall–Kier alpha value is -1.70. The van der Waals surface area contributed by atoms with Crippen molar-refractivity contribution >= 4 is 21.4 Å². The van der Waals surface area contributed by atoms with Gasteiger partial charge in [0.05, 0.1) is 16.5 Å². The molecule has 0 spiro atoms. The van der Waals surface area contributed by atoms with E-state index in [1.165, 1.54) is 57.3 Å². The summed E-state index contributed by atoms with van der Waals surface area (Å²) in [6.07, 6.45) is 10.9. The lowest BCUT2D eigenvalue weighted by Crippen LogP contribution is -2.31. The fourth-order valence-electron chi connectivity index (χ4n) is 4.03. The smallest absolute Gasteiger partial charge is 0.175 e. The van der Waals surface area contributed by atoms with E-state index in [0.29, 0.717) is 9.92 Å². The lowest BCUT2D eigenvalue weighted by Gasteiger charge is -2.29. The van der Waals surface area contributed by atoms with E-state index in [-0.39, 0.29) is 0 Å². The molecule has 2 aromatic rings. The minimum atomic E-state index is -3.13. The molecule has 0 bridgehead atoms. The number of likely N-dealkylation sites (tertiary alicyclic amines) is 1. The van der Waals surface area contributed by atoms with E-state index in [0.717, 1.165) is 36.5 Å². The second-order valence-corrected chi connectivity index (χ2v) is 10.7. The molecule has 8 heteroatoms. The first-order valence-electron chi connectivity index (χ1n) is 12.3. The molecule has 2 aliphatic rings. The van der Waals surface area contributed by atoms with Crippen LogP contribution < -0.4 is 4.74 Å². The lowest BCUT2D eigenvalue weighted by atomic mass is 9.91. The van der Waals surface area contributed by atoms with Crippen molar-refractivity contribution in [2.45, 2.75) is 58.3 Å². The van der Waals surface area contributed by atoms with Crippen molar-refractivity contribution in [3.63, 3.8) is 0 Å². The minimum Gasteiger partial charge on any atom is -0.494 e. The van der Waals surface area contributed by atoms with Crippen LogP contribution in [0.5, 0.6) is 5.75 Å². The highest BCUT2D eigenvalue weighted by Gasteiger charge is 2.42. The van der Waals surface area contributed by atoms with Crippen LogP contribution in [0.3, 0.4) is 0 Å². The van der Waals surface area contributed by atoms with Crippen LogP contribution in [0.1, 0.15) is 53.4 Å². The van der Waals surface area contributed by atoms with Gasteiger partial charge in [-0.15, -0.1) is 0 Å². The van der Waals surface area contributed by atoms with E-state index >= 15 is 0 Å². The van der Waals surface area contributed by atoms with Gasteiger partial charge in [0.25, 0.3) is 0 Å². The molecule has 0 amide bonds. The Bertz CT molecular complexity index is 887. The van der Waals surface area contributed by atoms with Crippen LogP contribution in [0.25, 0.3) is 0 Å². The number of sulfone groups is 1. The summed E-state index contributed by atoms with van der Waals surface area (Å²) in [4.78, 5) is 10.1. The Labute approximate surface area is 212 Å². The van der Waals surface area contributed by atoms with Crippen LogP contribution >= 0.6 is 11.6 Å². The monoisotopic (exact) mass is 511 g/mol. The maximum atomic E-state index is 11.4. The Morgan fingerprint density at radius 3 is 2.06 bits per heavy atom. The first-order chi connectivity index (χ1) is 16.3. The predicted octanol–water partition coefficient (Wildman–Crippen LogP) is 6.02.